The molecule has 1 atom stereocenters. The maximum Gasteiger partial charge on any atom is 0.338 e. The average Bonchev–Trinajstić information content (AvgIpc) is 2.14. The SMILES string of the molecule is Cc1cccc(CCC(F)C(=O)O)c1. The van der Waals surface area contributed by atoms with E-state index in [0.717, 1.165) is 11.1 Å². The van der Waals surface area contributed by atoms with Crippen LogP contribution in [0, 0.1) is 6.92 Å². The van der Waals surface area contributed by atoms with Gasteiger partial charge in [0.25, 0.3) is 0 Å². The zero-order valence-electron chi connectivity index (χ0n) is 8.03. The topological polar surface area (TPSA) is 37.3 Å². The first-order valence-electron chi connectivity index (χ1n) is 4.52. The highest BCUT2D eigenvalue weighted by atomic mass is 19.1. The number of carboxylic acid groups (broad SMARTS) is 1. The van der Waals surface area contributed by atoms with Gasteiger partial charge in [0.15, 0.2) is 6.17 Å². The first-order chi connectivity index (χ1) is 6.59. The van der Waals surface area contributed by atoms with E-state index in [-0.39, 0.29) is 6.42 Å². The van der Waals surface area contributed by atoms with Crippen molar-refractivity contribution >= 4 is 5.97 Å². The second-order valence-electron chi connectivity index (χ2n) is 3.33. The van der Waals surface area contributed by atoms with Crippen molar-refractivity contribution < 1.29 is 14.3 Å². The highest BCUT2D eigenvalue weighted by Crippen LogP contribution is 2.09. The lowest BCUT2D eigenvalue weighted by Gasteiger charge is -2.03. The summed E-state index contributed by atoms with van der Waals surface area (Å²) in [4.78, 5) is 10.2. The largest absolute Gasteiger partial charge is 0.479 e. The molecular weight excluding hydrogens is 183 g/mol. The highest BCUT2D eigenvalue weighted by Gasteiger charge is 2.14. The fourth-order valence-corrected chi connectivity index (χ4v) is 1.28. The summed E-state index contributed by atoms with van der Waals surface area (Å²) in [7, 11) is 0. The van der Waals surface area contributed by atoms with E-state index in [9.17, 15) is 9.18 Å². The average molecular weight is 196 g/mol. The van der Waals surface area contributed by atoms with Crippen LogP contribution in [0.5, 0.6) is 0 Å². The number of hydrogen-bond acceptors (Lipinski definition) is 1. The Morgan fingerprint density at radius 1 is 1.57 bits per heavy atom. The molecule has 0 fully saturated rings. The van der Waals surface area contributed by atoms with Crippen molar-refractivity contribution in [2.24, 2.45) is 0 Å². The van der Waals surface area contributed by atoms with Crippen LogP contribution in [-0.2, 0) is 11.2 Å². The second kappa shape index (κ2) is 4.74. The zero-order chi connectivity index (χ0) is 10.6. The van der Waals surface area contributed by atoms with Crippen LogP contribution in [-0.4, -0.2) is 17.2 Å². The van der Waals surface area contributed by atoms with Crippen LogP contribution in [0.1, 0.15) is 17.5 Å². The van der Waals surface area contributed by atoms with Gasteiger partial charge in [0.05, 0.1) is 0 Å². The molecule has 0 heterocycles. The maximum atomic E-state index is 12.7. The summed E-state index contributed by atoms with van der Waals surface area (Å²) in [5.41, 5.74) is 2.09. The molecule has 1 aromatic rings. The third-order valence-electron chi connectivity index (χ3n) is 2.04. The van der Waals surface area contributed by atoms with Crippen molar-refractivity contribution in [3.63, 3.8) is 0 Å². The normalized spacial score (nSPS) is 12.4. The maximum absolute atomic E-state index is 12.7. The third-order valence-corrected chi connectivity index (χ3v) is 2.04. The molecule has 1 unspecified atom stereocenters. The molecule has 76 valence electrons. The van der Waals surface area contributed by atoms with Gasteiger partial charge in [0.2, 0.25) is 0 Å². The zero-order valence-corrected chi connectivity index (χ0v) is 8.03. The molecule has 1 aromatic carbocycles. The molecule has 0 saturated carbocycles. The first kappa shape index (κ1) is 10.7. The summed E-state index contributed by atoms with van der Waals surface area (Å²) in [5.74, 6) is -1.38. The van der Waals surface area contributed by atoms with Crippen LogP contribution in [0.15, 0.2) is 24.3 Å². The number of alkyl halides is 1. The van der Waals surface area contributed by atoms with E-state index in [1.54, 1.807) is 0 Å². The Kier molecular flexibility index (Phi) is 3.63. The van der Waals surface area contributed by atoms with Gasteiger partial charge in [-0.25, -0.2) is 9.18 Å². The number of carbonyl (C=O) groups is 1. The number of aliphatic carboxylic acids is 1. The number of rotatable bonds is 4. The molecule has 0 amide bonds. The lowest BCUT2D eigenvalue weighted by Crippen LogP contribution is -2.15. The number of carboxylic acids is 1. The summed E-state index contributed by atoms with van der Waals surface area (Å²) in [6, 6.07) is 7.66. The van der Waals surface area contributed by atoms with Crippen molar-refractivity contribution in [3.05, 3.63) is 35.4 Å². The van der Waals surface area contributed by atoms with E-state index in [4.69, 9.17) is 5.11 Å². The molecule has 0 saturated heterocycles. The Balaban J connectivity index is 2.49. The summed E-state index contributed by atoms with van der Waals surface area (Å²) < 4.78 is 12.7. The Hall–Kier alpha value is -1.38. The number of hydrogen-bond donors (Lipinski definition) is 1. The van der Waals surface area contributed by atoms with Gasteiger partial charge in [0.1, 0.15) is 0 Å². The van der Waals surface area contributed by atoms with Crippen LogP contribution in [0.3, 0.4) is 0 Å². The summed E-state index contributed by atoms with van der Waals surface area (Å²) in [6.07, 6.45) is -1.25. The minimum absolute atomic E-state index is 0.0405. The molecule has 0 bridgehead atoms. The molecule has 1 N–H and O–H groups in total. The fourth-order valence-electron chi connectivity index (χ4n) is 1.28. The molecule has 0 aliphatic heterocycles. The molecule has 0 spiro atoms. The van der Waals surface area contributed by atoms with Gasteiger partial charge in [-0.3, -0.25) is 0 Å². The van der Waals surface area contributed by atoms with Crippen molar-refractivity contribution in [2.45, 2.75) is 25.9 Å². The van der Waals surface area contributed by atoms with Gasteiger partial charge in [-0.15, -0.1) is 0 Å². The predicted molar refractivity (Wildman–Crippen MR) is 52.0 cm³/mol. The summed E-state index contributed by atoms with van der Waals surface area (Å²) >= 11 is 0. The first-order valence-corrected chi connectivity index (χ1v) is 4.52. The van der Waals surface area contributed by atoms with Gasteiger partial charge in [-0.1, -0.05) is 29.8 Å². The van der Waals surface area contributed by atoms with Crippen molar-refractivity contribution in [1.29, 1.82) is 0 Å². The van der Waals surface area contributed by atoms with Crippen molar-refractivity contribution in [3.8, 4) is 0 Å². The summed E-state index contributed by atoms with van der Waals surface area (Å²) in [6.45, 7) is 1.95. The Morgan fingerprint density at radius 2 is 2.29 bits per heavy atom. The predicted octanol–water partition coefficient (Wildman–Crippen LogP) is 2.35. The number of halogens is 1. The number of aryl methyl sites for hydroxylation is 2. The van der Waals surface area contributed by atoms with Crippen LogP contribution < -0.4 is 0 Å². The van der Waals surface area contributed by atoms with Gasteiger partial charge < -0.3 is 5.11 Å². The molecule has 3 heteroatoms. The van der Waals surface area contributed by atoms with Crippen molar-refractivity contribution in [1.82, 2.24) is 0 Å². The molecular formula is C11H13FO2. The van der Waals surface area contributed by atoms with Crippen LogP contribution in [0.4, 0.5) is 4.39 Å². The molecule has 0 aliphatic rings. The molecule has 1 rings (SSSR count). The monoisotopic (exact) mass is 196 g/mol. The number of benzene rings is 1. The molecule has 14 heavy (non-hydrogen) atoms. The van der Waals surface area contributed by atoms with Crippen LogP contribution >= 0.6 is 0 Å². The Labute approximate surface area is 82.4 Å². The summed E-state index contributed by atoms with van der Waals surface area (Å²) in [5, 5.41) is 8.34. The van der Waals surface area contributed by atoms with Crippen LogP contribution in [0.2, 0.25) is 0 Å². The minimum Gasteiger partial charge on any atom is -0.479 e. The van der Waals surface area contributed by atoms with E-state index >= 15 is 0 Å². The minimum atomic E-state index is -1.75. The lowest BCUT2D eigenvalue weighted by atomic mass is 10.1. The molecule has 2 nitrogen and oxygen atoms in total. The van der Waals surface area contributed by atoms with Crippen molar-refractivity contribution in [2.75, 3.05) is 0 Å². The quantitative estimate of drug-likeness (QED) is 0.802. The van der Waals surface area contributed by atoms with E-state index in [0.29, 0.717) is 6.42 Å². The highest BCUT2D eigenvalue weighted by molar-refractivity contribution is 5.72. The van der Waals surface area contributed by atoms with Gasteiger partial charge in [0, 0.05) is 0 Å². The molecule has 0 radical (unpaired) electrons. The Morgan fingerprint density at radius 3 is 2.86 bits per heavy atom. The standard InChI is InChI=1S/C11H13FO2/c1-8-3-2-4-9(7-8)5-6-10(12)11(13)14/h2-4,7,10H,5-6H2,1H3,(H,13,14). The van der Waals surface area contributed by atoms with Crippen LogP contribution in [0.25, 0.3) is 0 Å². The fraction of sp³-hybridized carbons (Fsp3) is 0.364. The third kappa shape index (κ3) is 3.17. The van der Waals surface area contributed by atoms with E-state index in [1.807, 2.05) is 31.2 Å². The lowest BCUT2D eigenvalue weighted by molar-refractivity contribution is -0.142. The van der Waals surface area contributed by atoms with Gasteiger partial charge >= 0.3 is 5.97 Å². The van der Waals surface area contributed by atoms with E-state index in [1.165, 1.54) is 0 Å². The van der Waals surface area contributed by atoms with Gasteiger partial charge in [-0.2, -0.15) is 0 Å². The second-order valence-corrected chi connectivity index (χ2v) is 3.33. The molecule has 0 aliphatic carbocycles. The molecule has 0 aromatic heterocycles. The van der Waals surface area contributed by atoms with E-state index in [2.05, 4.69) is 0 Å². The van der Waals surface area contributed by atoms with Gasteiger partial charge in [-0.05, 0) is 25.3 Å². The smallest absolute Gasteiger partial charge is 0.338 e. The Bertz CT molecular complexity index is 323. The van der Waals surface area contributed by atoms with E-state index < -0.39 is 12.1 Å².